The lowest BCUT2D eigenvalue weighted by Crippen LogP contribution is -2.40. The Labute approximate surface area is 80.3 Å². The van der Waals surface area contributed by atoms with Crippen LogP contribution in [0.25, 0.3) is 0 Å². The highest BCUT2D eigenvalue weighted by Gasteiger charge is 2.18. The Morgan fingerprint density at radius 1 is 1.71 bits per heavy atom. The monoisotopic (exact) mass is 197 g/mol. The summed E-state index contributed by atoms with van der Waals surface area (Å²) < 4.78 is 0. The van der Waals surface area contributed by atoms with Crippen molar-refractivity contribution < 1.29 is 14.7 Å². The number of hydrogen-bond donors (Lipinski definition) is 3. The number of nitrogens with one attached hydrogen (secondary N) is 2. The van der Waals surface area contributed by atoms with Gasteiger partial charge in [0.15, 0.2) is 0 Å². The van der Waals surface area contributed by atoms with Crippen molar-refractivity contribution in [2.45, 2.75) is 19.4 Å². The molecule has 0 bridgehead atoms. The minimum absolute atomic E-state index is 0.324. The number of aromatic nitrogens is 2. The summed E-state index contributed by atoms with van der Waals surface area (Å²) in [5.41, 5.74) is 0.324. The molecule has 3 N–H and O–H groups in total. The zero-order chi connectivity index (χ0) is 10.6. The van der Waals surface area contributed by atoms with Crippen molar-refractivity contribution in [1.82, 2.24) is 15.5 Å². The van der Waals surface area contributed by atoms with E-state index in [1.54, 1.807) is 6.92 Å². The topological polar surface area (TPSA) is 95.1 Å². The van der Waals surface area contributed by atoms with Gasteiger partial charge in [0.05, 0.1) is 11.8 Å². The van der Waals surface area contributed by atoms with Crippen molar-refractivity contribution in [2.75, 3.05) is 0 Å². The molecule has 1 heterocycles. The van der Waals surface area contributed by atoms with E-state index in [1.165, 1.54) is 12.4 Å². The average Bonchev–Trinajstić information content (AvgIpc) is 2.65. The second-order valence-corrected chi connectivity index (χ2v) is 2.76. The van der Waals surface area contributed by atoms with E-state index in [2.05, 4.69) is 15.5 Å². The fraction of sp³-hybridized carbons (Fsp3) is 0.375. The van der Waals surface area contributed by atoms with Gasteiger partial charge in [0.1, 0.15) is 6.04 Å². The molecule has 0 aromatic carbocycles. The molecular formula is C8H11N3O3. The number of nitrogens with zero attached hydrogens (tertiary/aromatic N) is 1. The van der Waals surface area contributed by atoms with Crippen molar-refractivity contribution in [3.8, 4) is 0 Å². The maximum atomic E-state index is 11.3. The normalized spacial score (nSPS) is 12.1. The lowest BCUT2D eigenvalue weighted by molar-refractivity contribution is -0.139. The van der Waals surface area contributed by atoms with Gasteiger partial charge in [-0.05, 0) is 6.42 Å². The maximum Gasteiger partial charge on any atom is 0.326 e. The molecule has 1 atom stereocenters. The number of carboxylic acids is 1. The number of carbonyl (C=O) groups is 2. The first kappa shape index (κ1) is 10.2. The Kier molecular flexibility index (Phi) is 3.22. The van der Waals surface area contributed by atoms with Crippen LogP contribution < -0.4 is 5.32 Å². The highest BCUT2D eigenvalue weighted by atomic mass is 16.4. The molecule has 1 rings (SSSR count). The van der Waals surface area contributed by atoms with Crippen LogP contribution in [0.15, 0.2) is 12.4 Å². The van der Waals surface area contributed by atoms with Crippen LogP contribution in [0.1, 0.15) is 23.7 Å². The molecule has 0 aliphatic heterocycles. The van der Waals surface area contributed by atoms with Gasteiger partial charge < -0.3 is 10.4 Å². The van der Waals surface area contributed by atoms with Gasteiger partial charge in [-0.1, -0.05) is 6.92 Å². The number of hydrogen-bond acceptors (Lipinski definition) is 3. The second kappa shape index (κ2) is 4.40. The number of aromatic amines is 1. The lowest BCUT2D eigenvalue weighted by Gasteiger charge is -2.10. The van der Waals surface area contributed by atoms with Crippen molar-refractivity contribution in [3.05, 3.63) is 18.0 Å². The Balaban J connectivity index is 2.60. The first-order valence-corrected chi connectivity index (χ1v) is 4.17. The van der Waals surface area contributed by atoms with Crippen LogP contribution in [-0.4, -0.2) is 33.2 Å². The van der Waals surface area contributed by atoms with E-state index >= 15 is 0 Å². The van der Waals surface area contributed by atoms with Crippen molar-refractivity contribution in [1.29, 1.82) is 0 Å². The van der Waals surface area contributed by atoms with Crippen LogP contribution in [0.3, 0.4) is 0 Å². The third-order valence-electron chi connectivity index (χ3n) is 1.77. The van der Waals surface area contributed by atoms with Gasteiger partial charge in [-0.15, -0.1) is 0 Å². The molecule has 0 saturated heterocycles. The quantitative estimate of drug-likeness (QED) is 0.633. The predicted octanol–water partition coefficient (Wildman–Crippen LogP) is 0.00270. The molecule has 0 aliphatic carbocycles. The summed E-state index contributed by atoms with van der Waals surface area (Å²) in [7, 11) is 0. The van der Waals surface area contributed by atoms with Gasteiger partial charge in [0.2, 0.25) is 0 Å². The number of carboxylic acid groups (broad SMARTS) is 1. The van der Waals surface area contributed by atoms with Crippen LogP contribution in [0.2, 0.25) is 0 Å². The molecule has 0 radical (unpaired) electrons. The maximum absolute atomic E-state index is 11.3. The van der Waals surface area contributed by atoms with Gasteiger partial charge in [-0.3, -0.25) is 9.89 Å². The molecular weight excluding hydrogens is 186 g/mol. The van der Waals surface area contributed by atoms with Gasteiger partial charge in [0, 0.05) is 6.20 Å². The minimum atomic E-state index is -1.04. The summed E-state index contributed by atoms with van der Waals surface area (Å²) in [6.07, 6.45) is 3.09. The second-order valence-electron chi connectivity index (χ2n) is 2.76. The summed E-state index contributed by atoms with van der Waals surface area (Å²) >= 11 is 0. The van der Waals surface area contributed by atoms with E-state index in [4.69, 9.17) is 5.11 Å². The molecule has 1 aromatic rings. The van der Waals surface area contributed by atoms with E-state index in [9.17, 15) is 9.59 Å². The van der Waals surface area contributed by atoms with Crippen molar-refractivity contribution in [2.24, 2.45) is 0 Å². The van der Waals surface area contributed by atoms with Crippen LogP contribution in [-0.2, 0) is 4.79 Å². The molecule has 1 amide bonds. The summed E-state index contributed by atoms with van der Waals surface area (Å²) in [4.78, 5) is 21.9. The fourth-order valence-corrected chi connectivity index (χ4v) is 0.955. The molecule has 6 nitrogen and oxygen atoms in total. The SMILES string of the molecule is CCC(NC(=O)c1cn[nH]c1)C(=O)O. The van der Waals surface area contributed by atoms with Gasteiger partial charge in [0.25, 0.3) is 5.91 Å². The van der Waals surface area contributed by atoms with E-state index in [-0.39, 0.29) is 0 Å². The van der Waals surface area contributed by atoms with Gasteiger partial charge >= 0.3 is 5.97 Å². The number of aliphatic carboxylic acids is 1. The van der Waals surface area contributed by atoms with Crippen molar-refractivity contribution >= 4 is 11.9 Å². The zero-order valence-electron chi connectivity index (χ0n) is 7.65. The molecule has 1 unspecified atom stereocenters. The Hall–Kier alpha value is -1.85. The summed E-state index contributed by atoms with van der Waals surface area (Å²) in [6, 6.07) is -0.850. The fourth-order valence-electron chi connectivity index (χ4n) is 0.955. The van der Waals surface area contributed by atoms with E-state index in [1.807, 2.05) is 0 Å². The lowest BCUT2D eigenvalue weighted by atomic mass is 10.2. The van der Waals surface area contributed by atoms with E-state index in [0.717, 1.165) is 0 Å². The molecule has 14 heavy (non-hydrogen) atoms. The highest BCUT2D eigenvalue weighted by molar-refractivity contribution is 5.96. The number of amides is 1. The summed E-state index contributed by atoms with van der Waals surface area (Å²) in [5.74, 6) is -1.47. The van der Waals surface area contributed by atoms with E-state index < -0.39 is 17.9 Å². The zero-order valence-corrected chi connectivity index (χ0v) is 7.65. The van der Waals surface area contributed by atoms with Crippen LogP contribution in [0.4, 0.5) is 0 Å². The van der Waals surface area contributed by atoms with Gasteiger partial charge in [-0.2, -0.15) is 5.10 Å². The largest absolute Gasteiger partial charge is 0.480 e. The van der Waals surface area contributed by atoms with Crippen molar-refractivity contribution in [3.63, 3.8) is 0 Å². The average molecular weight is 197 g/mol. The standard InChI is InChI=1S/C8H11N3O3/c1-2-6(8(13)14)11-7(12)5-3-9-10-4-5/h3-4,6H,2H2,1H3,(H,9,10)(H,11,12)(H,13,14). The van der Waals surface area contributed by atoms with Crippen LogP contribution in [0, 0.1) is 0 Å². The number of H-pyrrole nitrogens is 1. The Morgan fingerprint density at radius 3 is 2.86 bits per heavy atom. The molecule has 0 aliphatic rings. The Bertz CT molecular complexity index is 321. The van der Waals surface area contributed by atoms with Gasteiger partial charge in [-0.25, -0.2) is 4.79 Å². The predicted molar refractivity (Wildman–Crippen MR) is 47.8 cm³/mol. The van der Waals surface area contributed by atoms with E-state index in [0.29, 0.717) is 12.0 Å². The third-order valence-corrected chi connectivity index (χ3v) is 1.77. The highest BCUT2D eigenvalue weighted by Crippen LogP contribution is 1.97. The number of carbonyl (C=O) groups excluding carboxylic acids is 1. The summed E-state index contributed by atoms with van der Waals surface area (Å²) in [6.45, 7) is 1.69. The molecule has 76 valence electrons. The molecule has 1 aromatic heterocycles. The molecule has 0 saturated carbocycles. The molecule has 0 spiro atoms. The van der Waals surface area contributed by atoms with Crippen LogP contribution in [0.5, 0.6) is 0 Å². The third kappa shape index (κ3) is 2.32. The molecule has 0 fully saturated rings. The molecule has 6 heteroatoms. The summed E-state index contributed by atoms with van der Waals surface area (Å²) in [5, 5.41) is 17.1. The first-order chi connectivity index (χ1) is 6.65. The minimum Gasteiger partial charge on any atom is -0.480 e. The number of rotatable bonds is 4. The first-order valence-electron chi connectivity index (χ1n) is 4.17. The van der Waals surface area contributed by atoms with Crippen LogP contribution >= 0.6 is 0 Å². The Morgan fingerprint density at radius 2 is 2.43 bits per heavy atom. The smallest absolute Gasteiger partial charge is 0.326 e.